The number of nitrogens with zero attached hydrogens (tertiary/aromatic N) is 1. The van der Waals surface area contributed by atoms with Crippen molar-refractivity contribution in [3.05, 3.63) is 12.2 Å². The van der Waals surface area contributed by atoms with E-state index in [1.807, 2.05) is 27.2 Å². The van der Waals surface area contributed by atoms with E-state index in [2.05, 4.69) is 19.2 Å². The Bertz CT molecular complexity index is 1280. The van der Waals surface area contributed by atoms with Gasteiger partial charge in [-0.15, -0.1) is 0 Å². The van der Waals surface area contributed by atoms with Crippen LogP contribution in [0.15, 0.2) is 12.2 Å². The van der Waals surface area contributed by atoms with E-state index in [4.69, 9.17) is 9.05 Å². The minimum Gasteiger partial charge on any atom is -0.756 e. The molecule has 466 valence electrons. The van der Waals surface area contributed by atoms with Crippen molar-refractivity contribution < 1.29 is 32.9 Å². The number of phosphoric ester groups is 1. The molecule has 0 aromatic carbocycles. The minimum atomic E-state index is -4.60. The molecule has 0 heterocycles. The van der Waals surface area contributed by atoms with Crippen LogP contribution in [0.2, 0.25) is 0 Å². The summed E-state index contributed by atoms with van der Waals surface area (Å²) in [6, 6.07) is -0.883. The summed E-state index contributed by atoms with van der Waals surface area (Å²) in [5.41, 5.74) is 0. The van der Waals surface area contributed by atoms with E-state index < -0.39 is 20.0 Å². The number of aliphatic hydroxyl groups is 1. The average Bonchev–Trinajstić information content (AvgIpc) is 3.41. The van der Waals surface area contributed by atoms with Gasteiger partial charge >= 0.3 is 0 Å². The minimum absolute atomic E-state index is 0.00278. The maximum Gasteiger partial charge on any atom is 0.268 e. The predicted octanol–water partition coefficient (Wildman–Crippen LogP) is 21.5. The smallest absolute Gasteiger partial charge is 0.268 e. The van der Waals surface area contributed by atoms with Gasteiger partial charge in [0.25, 0.3) is 7.82 Å². The molecule has 0 aromatic rings. The van der Waals surface area contributed by atoms with Gasteiger partial charge in [-0.25, -0.2) is 0 Å². The Morgan fingerprint density at radius 1 is 0.436 bits per heavy atom. The van der Waals surface area contributed by atoms with Gasteiger partial charge in [0.1, 0.15) is 13.2 Å². The molecule has 0 aliphatic carbocycles. The van der Waals surface area contributed by atoms with Crippen LogP contribution in [-0.4, -0.2) is 68.5 Å². The lowest BCUT2D eigenvalue weighted by Crippen LogP contribution is -2.45. The van der Waals surface area contributed by atoms with Gasteiger partial charge in [-0.3, -0.25) is 9.36 Å². The Kier molecular flexibility index (Phi) is 60.2. The van der Waals surface area contributed by atoms with E-state index in [0.717, 1.165) is 38.5 Å². The van der Waals surface area contributed by atoms with Crippen molar-refractivity contribution in [1.82, 2.24) is 5.32 Å². The lowest BCUT2D eigenvalue weighted by atomic mass is 10.0. The highest BCUT2D eigenvalue weighted by Crippen LogP contribution is 2.38. The lowest BCUT2D eigenvalue weighted by Gasteiger charge is -2.29. The third kappa shape index (κ3) is 62.8. The summed E-state index contributed by atoms with van der Waals surface area (Å²) >= 11 is 0. The second-order valence-corrected chi connectivity index (χ2v) is 27.0. The van der Waals surface area contributed by atoms with Gasteiger partial charge in [-0.1, -0.05) is 360 Å². The zero-order valence-corrected chi connectivity index (χ0v) is 54.3. The van der Waals surface area contributed by atoms with Crippen LogP contribution < -0.4 is 10.2 Å². The molecule has 0 spiro atoms. The summed E-state index contributed by atoms with van der Waals surface area (Å²) in [6.07, 6.45) is 77.8. The zero-order chi connectivity index (χ0) is 57.0. The number of hydrogen-bond donors (Lipinski definition) is 2. The van der Waals surface area contributed by atoms with Crippen molar-refractivity contribution in [3.8, 4) is 0 Å². The monoisotopic (exact) mass is 1120 g/mol. The Labute approximate surface area is 488 Å². The van der Waals surface area contributed by atoms with E-state index in [9.17, 15) is 19.4 Å². The first-order valence-electron chi connectivity index (χ1n) is 35.1. The maximum absolute atomic E-state index is 13.0. The molecule has 1 amide bonds. The molecule has 0 aliphatic rings. The molecular weight excluding hydrogens is 984 g/mol. The van der Waals surface area contributed by atoms with Crippen LogP contribution in [0, 0.1) is 0 Å². The highest BCUT2D eigenvalue weighted by Gasteiger charge is 2.23. The largest absolute Gasteiger partial charge is 0.756 e. The number of amides is 1. The number of unbranched alkanes of at least 4 members (excludes halogenated alkanes) is 53. The molecule has 0 rings (SSSR count). The summed E-state index contributed by atoms with van der Waals surface area (Å²) in [6.45, 7) is 4.71. The van der Waals surface area contributed by atoms with E-state index in [0.29, 0.717) is 17.4 Å². The molecule has 78 heavy (non-hydrogen) atoms. The van der Waals surface area contributed by atoms with E-state index in [-0.39, 0.29) is 19.1 Å². The molecule has 0 bridgehead atoms. The normalized spacial score (nSPS) is 13.7. The number of aliphatic hydroxyl groups excluding tert-OH is 1. The molecule has 8 nitrogen and oxygen atoms in total. The molecule has 3 atom stereocenters. The Balaban J connectivity index is 3.87. The number of rotatable bonds is 66. The van der Waals surface area contributed by atoms with Gasteiger partial charge in [0, 0.05) is 6.42 Å². The maximum atomic E-state index is 13.0. The van der Waals surface area contributed by atoms with Gasteiger partial charge < -0.3 is 28.8 Å². The standard InChI is InChI=1S/C69H139N2O6P/c1-6-8-10-12-14-16-18-20-22-24-25-26-27-28-29-30-31-32-33-34-35-36-37-38-39-40-41-42-43-44-45-47-49-51-53-55-57-59-61-63-69(73)70-67(66-77-78(74,75)76-65-64-71(3,4)5)68(72)62-60-58-56-54-52-50-48-46-23-21-19-17-15-13-11-9-7-2/h60,62,67-68,72H,6-59,61,63-66H2,1-5H3,(H-,70,73,74,75)/b62-60+. The first kappa shape index (κ1) is 77.2. The Morgan fingerprint density at radius 3 is 0.962 bits per heavy atom. The topological polar surface area (TPSA) is 108 Å². The van der Waals surface area contributed by atoms with E-state index in [1.165, 1.54) is 315 Å². The fraction of sp³-hybridized carbons (Fsp3) is 0.957. The van der Waals surface area contributed by atoms with Gasteiger partial charge in [-0.05, 0) is 19.3 Å². The number of carbonyl (C=O) groups excluding carboxylic acids is 1. The van der Waals surface area contributed by atoms with Crippen molar-refractivity contribution >= 4 is 13.7 Å². The molecule has 0 fully saturated rings. The number of hydrogen-bond acceptors (Lipinski definition) is 6. The molecule has 9 heteroatoms. The van der Waals surface area contributed by atoms with Crippen molar-refractivity contribution in [3.63, 3.8) is 0 Å². The molecule has 3 unspecified atom stereocenters. The van der Waals surface area contributed by atoms with Crippen LogP contribution in [0.4, 0.5) is 0 Å². The lowest BCUT2D eigenvalue weighted by molar-refractivity contribution is -0.870. The molecule has 0 saturated heterocycles. The van der Waals surface area contributed by atoms with Gasteiger partial charge in [0.2, 0.25) is 5.91 Å². The van der Waals surface area contributed by atoms with E-state index >= 15 is 0 Å². The fourth-order valence-corrected chi connectivity index (χ4v) is 11.8. The molecule has 0 aliphatic heterocycles. The number of carbonyl (C=O) groups is 1. The van der Waals surface area contributed by atoms with E-state index in [1.54, 1.807) is 6.08 Å². The summed E-state index contributed by atoms with van der Waals surface area (Å²) in [7, 11) is 1.28. The van der Waals surface area contributed by atoms with Crippen LogP contribution in [0.5, 0.6) is 0 Å². The third-order valence-corrected chi connectivity index (χ3v) is 17.5. The number of likely N-dealkylation sites (N-methyl/N-ethyl adjacent to an activating group) is 1. The first-order chi connectivity index (χ1) is 38.0. The van der Waals surface area contributed by atoms with Crippen molar-refractivity contribution in [2.45, 2.75) is 386 Å². The molecule has 0 radical (unpaired) electrons. The molecule has 0 saturated carbocycles. The number of phosphoric acid groups is 1. The predicted molar refractivity (Wildman–Crippen MR) is 339 cm³/mol. The van der Waals surface area contributed by atoms with Crippen LogP contribution in [0.25, 0.3) is 0 Å². The number of allylic oxidation sites excluding steroid dienone is 1. The summed E-state index contributed by atoms with van der Waals surface area (Å²) in [5, 5.41) is 13.9. The first-order valence-corrected chi connectivity index (χ1v) is 36.5. The molecule has 0 aromatic heterocycles. The average molecular weight is 1120 g/mol. The zero-order valence-electron chi connectivity index (χ0n) is 53.4. The number of nitrogens with one attached hydrogen (secondary N) is 1. The Hall–Kier alpha value is -0.760. The van der Waals surface area contributed by atoms with Gasteiger partial charge in [0.05, 0.1) is 39.9 Å². The quantitative estimate of drug-likeness (QED) is 0.0272. The third-order valence-electron chi connectivity index (χ3n) is 16.5. The summed E-state index contributed by atoms with van der Waals surface area (Å²) < 4.78 is 23.4. The van der Waals surface area contributed by atoms with Crippen molar-refractivity contribution in [2.75, 3.05) is 40.9 Å². The van der Waals surface area contributed by atoms with Crippen LogP contribution in [0.3, 0.4) is 0 Å². The van der Waals surface area contributed by atoms with Crippen LogP contribution in [0.1, 0.15) is 373 Å². The second-order valence-electron chi connectivity index (χ2n) is 25.6. The summed E-state index contributed by atoms with van der Waals surface area (Å²) in [5.74, 6) is -0.188. The molecular formula is C69H139N2O6P. The highest BCUT2D eigenvalue weighted by molar-refractivity contribution is 7.45. The van der Waals surface area contributed by atoms with Crippen LogP contribution >= 0.6 is 7.82 Å². The fourth-order valence-electron chi connectivity index (χ4n) is 11.0. The van der Waals surface area contributed by atoms with Crippen LogP contribution in [-0.2, 0) is 18.4 Å². The summed E-state index contributed by atoms with van der Waals surface area (Å²) in [4.78, 5) is 25.6. The highest BCUT2D eigenvalue weighted by atomic mass is 31.2. The Morgan fingerprint density at radius 2 is 0.692 bits per heavy atom. The van der Waals surface area contributed by atoms with Crippen molar-refractivity contribution in [1.29, 1.82) is 0 Å². The number of quaternary nitrogens is 1. The second kappa shape index (κ2) is 60.8. The van der Waals surface area contributed by atoms with Crippen molar-refractivity contribution in [2.24, 2.45) is 0 Å². The van der Waals surface area contributed by atoms with Gasteiger partial charge in [0.15, 0.2) is 0 Å². The molecule has 2 N–H and O–H groups in total. The van der Waals surface area contributed by atoms with Gasteiger partial charge in [-0.2, -0.15) is 0 Å². The SMILES string of the molecule is CCCCCCCCCCCCCCCCC/C=C/C(O)C(COP(=O)([O-])OCC[N+](C)(C)C)NC(=O)CCCCCCCCCCCCCCCCCCCCCCCCCCCCCCCCCCCCCCCCC.